The monoisotopic (exact) mass is 211 g/mol. The van der Waals surface area contributed by atoms with E-state index in [4.69, 9.17) is 0 Å². The second-order valence-corrected chi connectivity index (χ2v) is 5.28. The van der Waals surface area contributed by atoms with Crippen molar-refractivity contribution in [3.8, 4) is 0 Å². The van der Waals surface area contributed by atoms with Gasteiger partial charge in [-0.3, -0.25) is 9.69 Å². The van der Waals surface area contributed by atoms with Crippen molar-refractivity contribution in [2.45, 2.75) is 58.9 Å². The summed E-state index contributed by atoms with van der Waals surface area (Å²) in [5, 5.41) is 0. The van der Waals surface area contributed by atoms with Gasteiger partial charge in [-0.2, -0.15) is 0 Å². The summed E-state index contributed by atoms with van der Waals surface area (Å²) >= 11 is 0. The number of hydrogen-bond acceptors (Lipinski definition) is 2. The van der Waals surface area contributed by atoms with Crippen LogP contribution in [0.4, 0.5) is 0 Å². The Hall–Kier alpha value is -0.370. The molecule has 88 valence electrons. The zero-order valence-electron chi connectivity index (χ0n) is 10.7. The number of nitrogens with zero attached hydrogens (tertiary/aromatic N) is 1. The van der Waals surface area contributed by atoms with Crippen LogP contribution in [0.2, 0.25) is 0 Å². The topological polar surface area (TPSA) is 20.3 Å². The number of hydrogen-bond donors (Lipinski definition) is 0. The Balaban J connectivity index is 2.66. The van der Waals surface area contributed by atoms with Gasteiger partial charge in [-0.25, -0.2) is 0 Å². The lowest BCUT2D eigenvalue weighted by Crippen LogP contribution is -2.53. The van der Waals surface area contributed by atoms with E-state index in [1.165, 1.54) is 19.3 Å². The highest BCUT2D eigenvalue weighted by Gasteiger charge is 2.36. The molecule has 0 bridgehead atoms. The number of carbonyl (C=O) groups excluding carboxylic acids is 1. The fourth-order valence-electron chi connectivity index (χ4n) is 2.40. The van der Waals surface area contributed by atoms with Crippen molar-refractivity contribution in [2.24, 2.45) is 5.92 Å². The molecule has 2 heteroatoms. The maximum absolute atomic E-state index is 12.3. The fourth-order valence-corrected chi connectivity index (χ4v) is 2.40. The number of Topliss-reactive ketones (excluding diaryl/α,β-unsaturated/α-hetero) is 1. The first-order valence-electron chi connectivity index (χ1n) is 6.29. The number of likely N-dealkylation sites (tertiary alicyclic amines) is 1. The van der Waals surface area contributed by atoms with E-state index in [1.807, 2.05) is 6.92 Å². The largest absolute Gasteiger partial charge is 0.297 e. The van der Waals surface area contributed by atoms with Gasteiger partial charge in [0.15, 0.2) is 5.78 Å². The molecule has 1 fully saturated rings. The van der Waals surface area contributed by atoms with Crippen molar-refractivity contribution < 1.29 is 4.79 Å². The first-order chi connectivity index (χ1) is 7.00. The molecule has 0 aliphatic carbocycles. The van der Waals surface area contributed by atoms with Crippen LogP contribution < -0.4 is 0 Å². The van der Waals surface area contributed by atoms with Crippen molar-refractivity contribution in [3.63, 3.8) is 0 Å². The molecule has 1 saturated heterocycles. The maximum Gasteiger partial charge on any atom is 0.155 e. The van der Waals surface area contributed by atoms with Gasteiger partial charge >= 0.3 is 0 Å². The minimum absolute atomic E-state index is 0.196. The molecule has 0 aromatic rings. The number of ketones is 1. The molecule has 0 saturated carbocycles. The molecule has 15 heavy (non-hydrogen) atoms. The highest BCUT2D eigenvalue weighted by molar-refractivity contribution is 5.89. The second kappa shape index (κ2) is 5.11. The molecule has 1 atom stereocenters. The van der Waals surface area contributed by atoms with Crippen LogP contribution in [0.1, 0.15) is 53.4 Å². The molecule has 0 N–H and O–H groups in total. The number of rotatable bonds is 4. The molecule has 1 aliphatic heterocycles. The van der Waals surface area contributed by atoms with Crippen molar-refractivity contribution in [3.05, 3.63) is 0 Å². The summed E-state index contributed by atoms with van der Waals surface area (Å²) in [4.78, 5) is 14.6. The van der Waals surface area contributed by atoms with Crippen LogP contribution in [0, 0.1) is 5.92 Å². The Morgan fingerprint density at radius 2 is 1.80 bits per heavy atom. The molecule has 1 unspecified atom stereocenters. The standard InChI is InChI=1S/C13H25NO/c1-5-11(2)12(15)13(3,4)14-9-7-6-8-10-14/h11H,5-10H2,1-4H3. The molecule has 0 radical (unpaired) electrons. The lowest BCUT2D eigenvalue weighted by Gasteiger charge is -2.41. The first-order valence-corrected chi connectivity index (χ1v) is 6.29. The van der Waals surface area contributed by atoms with E-state index < -0.39 is 0 Å². The van der Waals surface area contributed by atoms with Gasteiger partial charge in [-0.05, 0) is 46.2 Å². The fraction of sp³-hybridized carbons (Fsp3) is 0.923. The van der Waals surface area contributed by atoms with Gasteiger partial charge in [0.1, 0.15) is 0 Å². The van der Waals surface area contributed by atoms with Crippen LogP contribution in [-0.2, 0) is 4.79 Å². The molecule has 1 aliphatic rings. The van der Waals surface area contributed by atoms with Gasteiger partial charge in [-0.15, -0.1) is 0 Å². The lowest BCUT2D eigenvalue weighted by molar-refractivity contribution is -0.133. The maximum atomic E-state index is 12.3. The molecule has 0 aromatic heterocycles. The third-order valence-electron chi connectivity index (χ3n) is 3.81. The second-order valence-electron chi connectivity index (χ2n) is 5.28. The van der Waals surface area contributed by atoms with Crippen LogP contribution >= 0.6 is 0 Å². The summed E-state index contributed by atoms with van der Waals surface area (Å²) in [6.07, 6.45) is 4.77. The highest BCUT2D eigenvalue weighted by Crippen LogP contribution is 2.25. The summed E-state index contributed by atoms with van der Waals surface area (Å²) < 4.78 is 0. The molecule has 1 rings (SSSR count). The van der Waals surface area contributed by atoms with E-state index >= 15 is 0 Å². The minimum atomic E-state index is -0.254. The van der Waals surface area contributed by atoms with E-state index in [2.05, 4.69) is 25.7 Å². The highest BCUT2D eigenvalue weighted by atomic mass is 16.1. The van der Waals surface area contributed by atoms with Crippen molar-refractivity contribution in [1.82, 2.24) is 4.90 Å². The Morgan fingerprint density at radius 3 is 2.27 bits per heavy atom. The lowest BCUT2D eigenvalue weighted by atomic mass is 9.86. The Kier molecular flexibility index (Phi) is 4.32. The van der Waals surface area contributed by atoms with Crippen LogP contribution in [0.5, 0.6) is 0 Å². The Bertz CT molecular complexity index is 217. The van der Waals surface area contributed by atoms with E-state index in [9.17, 15) is 4.79 Å². The first kappa shape index (κ1) is 12.7. The number of carbonyl (C=O) groups is 1. The normalized spacial score (nSPS) is 21.3. The third kappa shape index (κ3) is 2.81. The van der Waals surface area contributed by atoms with Gasteiger partial charge in [0, 0.05) is 5.92 Å². The Labute approximate surface area is 94.0 Å². The SMILES string of the molecule is CCC(C)C(=O)C(C)(C)N1CCCCC1. The van der Waals surface area contributed by atoms with Gasteiger partial charge in [0.05, 0.1) is 5.54 Å². The molecule has 0 amide bonds. The minimum Gasteiger partial charge on any atom is -0.297 e. The van der Waals surface area contributed by atoms with E-state index in [0.29, 0.717) is 5.78 Å². The molecule has 1 heterocycles. The van der Waals surface area contributed by atoms with Gasteiger partial charge < -0.3 is 0 Å². The summed E-state index contributed by atoms with van der Waals surface area (Å²) in [6.45, 7) is 10.5. The quantitative estimate of drug-likeness (QED) is 0.712. The van der Waals surface area contributed by atoms with Crippen LogP contribution in [0.3, 0.4) is 0 Å². The summed E-state index contributed by atoms with van der Waals surface area (Å²) in [5.41, 5.74) is -0.254. The molecular weight excluding hydrogens is 186 g/mol. The summed E-state index contributed by atoms with van der Waals surface area (Å²) in [6, 6.07) is 0. The average molecular weight is 211 g/mol. The molecule has 0 spiro atoms. The molecular formula is C13H25NO. The van der Waals surface area contributed by atoms with Crippen molar-refractivity contribution in [2.75, 3.05) is 13.1 Å². The third-order valence-corrected chi connectivity index (χ3v) is 3.81. The van der Waals surface area contributed by atoms with Gasteiger partial charge in [0.25, 0.3) is 0 Å². The van der Waals surface area contributed by atoms with Crippen LogP contribution in [0.25, 0.3) is 0 Å². The van der Waals surface area contributed by atoms with Gasteiger partial charge in [-0.1, -0.05) is 20.3 Å². The molecule has 2 nitrogen and oxygen atoms in total. The Morgan fingerprint density at radius 1 is 1.27 bits per heavy atom. The zero-order chi connectivity index (χ0) is 11.5. The summed E-state index contributed by atoms with van der Waals surface area (Å²) in [7, 11) is 0. The smallest absolute Gasteiger partial charge is 0.155 e. The van der Waals surface area contributed by atoms with E-state index in [0.717, 1.165) is 19.5 Å². The van der Waals surface area contributed by atoms with E-state index in [1.54, 1.807) is 0 Å². The van der Waals surface area contributed by atoms with Crippen molar-refractivity contribution >= 4 is 5.78 Å². The molecule has 0 aromatic carbocycles. The van der Waals surface area contributed by atoms with Crippen molar-refractivity contribution in [1.29, 1.82) is 0 Å². The zero-order valence-corrected chi connectivity index (χ0v) is 10.7. The summed E-state index contributed by atoms with van der Waals surface area (Å²) in [5.74, 6) is 0.605. The van der Waals surface area contributed by atoms with E-state index in [-0.39, 0.29) is 11.5 Å². The van der Waals surface area contributed by atoms with Crippen LogP contribution in [-0.4, -0.2) is 29.3 Å². The number of piperidine rings is 1. The predicted octanol–water partition coefficient (Wildman–Crippen LogP) is 2.87. The average Bonchev–Trinajstić information content (AvgIpc) is 2.28. The predicted molar refractivity (Wildman–Crippen MR) is 64.0 cm³/mol. The van der Waals surface area contributed by atoms with Gasteiger partial charge in [0.2, 0.25) is 0 Å². The van der Waals surface area contributed by atoms with Crippen LogP contribution in [0.15, 0.2) is 0 Å².